The number of rotatable bonds is 7. The molecule has 2 N–H and O–H groups in total. The van der Waals surface area contributed by atoms with Gasteiger partial charge < -0.3 is 14.9 Å². The number of hydrogen-bond acceptors (Lipinski definition) is 5. The number of β-amino-alcohol motifs (C(OH)–C–C–N with tert-alkyl or cyclic N) is 2. The van der Waals surface area contributed by atoms with Crippen LogP contribution in [-0.4, -0.2) is 84.2 Å². The average molecular weight is 310 g/mol. The van der Waals surface area contributed by atoms with E-state index in [2.05, 4.69) is 15.7 Å². The third-order valence-corrected chi connectivity index (χ3v) is 4.83. The Morgan fingerprint density at radius 2 is 1.73 bits per heavy atom. The molecule has 126 valence electrons. The number of aliphatic hydroxyl groups is 2. The molecule has 22 heavy (non-hydrogen) atoms. The highest BCUT2D eigenvalue weighted by molar-refractivity contribution is 5.09. The largest absolute Gasteiger partial charge is 0.395 e. The second-order valence-electron chi connectivity index (χ2n) is 6.53. The lowest BCUT2D eigenvalue weighted by Crippen LogP contribution is -2.50. The first-order valence-corrected chi connectivity index (χ1v) is 8.53. The van der Waals surface area contributed by atoms with Crippen molar-refractivity contribution < 1.29 is 14.9 Å². The van der Waals surface area contributed by atoms with E-state index in [0.717, 1.165) is 58.4 Å². The quantitative estimate of drug-likeness (QED) is 0.663. The van der Waals surface area contributed by atoms with E-state index in [1.165, 1.54) is 6.42 Å². The molecule has 1 aliphatic heterocycles. The molecule has 0 radical (unpaired) electrons. The molecule has 5 nitrogen and oxygen atoms in total. The van der Waals surface area contributed by atoms with Crippen molar-refractivity contribution in [1.29, 1.82) is 0 Å². The minimum absolute atomic E-state index is 0.213. The predicted octanol–water partition coefficient (Wildman–Crippen LogP) is 0.310. The van der Waals surface area contributed by atoms with Crippen molar-refractivity contribution in [3.05, 3.63) is 0 Å². The molecule has 0 aromatic heterocycles. The van der Waals surface area contributed by atoms with Gasteiger partial charge in [-0.2, -0.15) is 0 Å². The van der Waals surface area contributed by atoms with Crippen molar-refractivity contribution in [1.82, 2.24) is 9.80 Å². The van der Waals surface area contributed by atoms with Crippen molar-refractivity contribution in [3.63, 3.8) is 0 Å². The van der Waals surface area contributed by atoms with Crippen LogP contribution in [0.25, 0.3) is 0 Å². The minimum atomic E-state index is -0.489. The normalized spacial score (nSPS) is 24.8. The highest BCUT2D eigenvalue weighted by Gasteiger charge is 2.31. The van der Waals surface area contributed by atoms with Gasteiger partial charge in [0.05, 0.1) is 19.3 Å². The van der Waals surface area contributed by atoms with Crippen LogP contribution in [0.15, 0.2) is 0 Å². The van der Waals surface area contributed by atoms with Crippen LogP contribution in [0, 0.1) is 12.3 Å². The van der Waals surface area contributed by atoms with Gasteiger partial charge in [-0.15, -0.1) is 6.42 Å². The first-order valence-electron chi connectivity index (χ1n) is 8.53. The fourth-order valence-corrected chi connectivity index (χ4v) is 3.40. The molecule has 0 bridgehead atoms. The van der Waals surface area contributed by atoms with Crippen LogP contribution in [-0.2, 0) is 4.74 Å². The summed E-state index contributed by atoms with van der Waals surface area (Å²) in [5.74, 6) is 2.82. The summed E-state index contributed by atoms with van der Waals surface area (Å²) >= 11 is 0. The van der Waals surface area contributed by atoms with Gasteiger partial charge in [0.15, 0.2) is 0 Å². The third kappa shape index (κ3) is 5.22. The van der Waals surface area contributed by atoms with E-state index in [-0.39, 0.29) is 6.61 Å². The summed E-state index contributed by atoms with van der Waals surface area (Å²) in [6, 6.07) is 0. The van der Waals surface area contributed by atoms with Crippen LogP contribution in [0.3, 0.4) is 0 Å². The molecule has 2 rings (SSSR count). The monoisotopic (exact) mass is 310 g/mol. The lowest BCUT2D eigenvalue weighted by molar-refractivity contribution is -0.0716. The summed E-state index contributed by atoms with van der Waals surface area (Å²) in [4.78, 5) is 4.50. The molecule has 1 heterocycles. The maximum atomic E-state index is 10.2. The predicted molar refractivity (Wildman–Crippen MR) is 86.6 cm³/mol. The van der Waals surface area contributed by atoms with Gasteiger partial charge in [-0.25, -0.2) is 0 Å². The van der Waals surface area contributed by atoms with Gasteiger partial charge in [-0.3, -0.25) is 9.80 Å². The standard InChI is InChI=1S/C17H30N2O3/c1-2-17(6-4-3-5-7-17)22-15-16(21)14-19-10-8-18(9-11-19)12-13-20/h1,16,20-21H,3-15H2. The summed E-state index contributed by atoms with van der Waals surface area (Å²) < 4.78 is 5.93. The highest BCUT2D eigenvalue weighted by atomic mass is 16.5. The molecule has 1 unspecified atom stereocenters. The fourth-order valence-electron chi connectivity index (χ4n) is 3.40. The van der Waals surface area contributed by atoms with Gasteiger partial charge in [0.1, 0.15) is 5.60 Å². The topological polar surface area (TPSA) is 56.2 Å². The van der Waals surface area contributed by atoms with Crippen LogP contribution in [0.2, 0.25) is 0 Å². The Balaban J connectivity index is 1.67. The van der Waals surface area contributed by atoms with E-state index >= 15 is 0 Å². The number of piperazine rings is 1. The smallest absolute Gasteiger partial charge is 0.128 e. The van der Waals surface area contributed by atoms with Crippen LogP contribution in [0.1, 0.15) is 32.1 Å². The second kappa shape index (κ2) is 8.85. The molecule has 1 saturated carbocycles. The molecule has 1 saturated heterocycles. The Kier molecular flexibility index (Phi) is 7.13. The van der Waals surface area contributed by atoms with E-state index in [0.29, 0.717) is 13.2 Å². The Labute approximate surface area is 134 Å². The lowest BCUT2D eigenvalue weighted by atomic mass is 9.85. The summed E-state index contributed by atoms with van der Waals surface area (Å²) in [6.45, 7) is 5.66. The van der Waals surface area contributed by atoms with Crippen LogP contribution < -0.4 is 0 Å². The number of ether oxygens (including phenoxy) is 1. The first kappa shape index (κ1) is 17.7. The second-order valence-corrected chi connectivity index (χ2v) is 6.53. The van der Waals surface area contributed by atoms with E-state index in [9.17, 15) is 5.11 Å². The fraction of sp³-hybridized carbons (Fsp3) is 0.882. The summed E-state index contributed by atoms with van der Waals surface area (Å²) in [6.07, 6.45) is 10.5. The molecule has 0 aromatic rings. The van der Waals surface area contributed by atoms with Gasteiger partial charge in [0.2, 0.25) is 0 Å². The van der Waals surface area contributed by atoms with E-state index in [1.807, 2.05) is 0 Å². The SMILES string of the molecule is C#CC1(OCC(O)CN2CCN(CCO)CC2)CCCCC1. The zero-order valence-corrected chi connectivity index (χ0v) is 13.5. The lowest BCUT2D eigenvalue weighted by Gasteiger charge is -2.36. The van der Waals surface area contributed by atoms with Gasteiger partial charge in [0, 0.05) is 39.3 Å². The van der Waals surface area contributed by atoms with Crippen molar-refractivity contribution in [2.45, 2.75) is 43.8 Å². The van der Waals surface area contributed by atoms with Crippen molar-refractivity contribution in [2.24, 2.45) is 0 Å². The zero-order chi connectivity index (χ0) is 15.8. The first-order chi connectivity index (χ1) is 10.7. The van der Waals surface area contributed by atoms with Gasteiger partial charge in [0.25, 0.3) is 0 Å². The molecule has 5 heteroatoms. The van der Waals surface area contributed by atoms with Crippen molar-refractivity contribution in [2.75, 3.05) is 52.5 Å². The molecule has 0 aromatic carbocycles. The summed E-state index contributed by atoms with van der Waals surface area (Å²) in [5, 5.41) is 19.2. The average Bonchev–Trinajstić information content (AvgIpc) is 2.56. The summed E-state index contributed by atoms with van der Waals surface area (Å²) in [5.41, 5.74) is -0.445. The molecule has 1 atom stereocenters. The summed E-state index contributed by atoms with van der Waals surface area (Å²) in [7, 11) is 0. The van der Waals surface area contributed by atoms with E-state index in [4.69, 9.17) is 16.3 Å². The number of aliphatic hydroxyl groups excluding tert-OH is 2. The Bertz CT molecular complexity index is 355. The zero-order valence-electron chi connectivity index (χ0n) is 13.5. The molecule has 1 aliphatic carbocycles. The maximum absolute atomic E-state index is 10.2. The molecule has 0 spiro atoms. The van der Waals surface area contributed by atoms with E-state index < -0.39 is 11.7 Å². The molecular formula is C17H30N2O3. The molecule has 0 amide bonds. The Morgan fingerprint density at radius 3 is 2.32 bits per heavy atom. The number of hydrogen-bond donors (Lipinski definition) is 2. The number of terminal acetylenes is 1. The van der Waals surface area contributed by atoms with Gasteiger partial charge >= 0.3 is 0 Å². The van der Waals surface area contributed by atoms with Gasteiger partial charge in [-0.1, -0.05) is 12.3 Å². The maximum Gasteiger partial charge on any atom is 0.128 e. The van der Waals surface area contributed by atoms with Crippen LogP contribution in [0.4, 0.5) is 0 Å². The van der Waals surface area contributed by atoms with Gasteiger partial charge in [-0.05, 0) is 25.7 Å². The van der Waals surface area contributed by atoms with Crippen LogP contribution in [0.5, 0.6) is 0 Å². The molecule has 2 aliphatic rings. The molecule has 2 fully saturated rings. The van der Waals surface area contributed by atoms with Crippen molar-refractivity contribution in [3.8, 4) is 12.3 Å². The van der Waals surface area contributed by atoms with Crippen LogP contribution >= 0.6 is 0 Å². The Hall–Kier alpha value is -0.640. The van der Waals surface area contributed by atoms with Crippen molar-refractivity contribution >= 4 is 0 Å². The highest BCUT2D eigenvalue weighted by Crippen LogP contribution is 2.31. The van der Waals surface area contributed by atoms with E-state index in [1.54, 1.807) is 0 Å². The molecular weight excluding hydrogens is 280 g/mol. The third-order valence-electron chi connectivity index (χ3n) is 4.83. The number of nitrogens with zero attached hydrogens (tertiary/aromatic N) is 2. The minimum Gasteiger partial charge on any atom is -0.395 e. The Morgan fingerprint density at radius 1 is 1.09 bits per heavy atom.